The molecule has 3 rings (SSSR count). The van der Waals surface area contributed by atoms with Crippen LogP contribution in [0, 0.1) is 0 Å². The number of methoxy groups -OCH3 is 1. The molecule has 4 nitrogen and oxygen atoms in total. The highest BCUT2D eigenvalue weighted by atomic mass is 16.6. The van der Waals surface area contributed by atoms with Gasteiger partial charge in [0.05, 0.1) is 7.11 Å². The van der Waals surface area contributed by atoms with Crippen molar-refractivity contribution in [2.45, 2.75) is 18.9 Å². The third-order valence-corrected chi connectivity index (χ3v) is 3.60. The van der Waals surface area contributed by atoms with E-state index in [1.807, 2.05) is 30.4 Å². The van der Waals surface area contributed by atoms with Crippen LogP contribution >= 0.6 is 0 Å². The molecule has 1 aromatic carbocycles. The van der Waals surface area contributed by atoms with Gasteiger partial charge in [0.25, 0.3) is 0 Å². The van der Waals surface area contributed by atoms with Gasteiger partial charge in [0.15, 0.2) is 11.5 Å². The third kappa shape index (κ3) is 3.07. The third-order valence-electron chi connectivity index (χ3n) is 3.60. The Balaban J connectivity index is 1.76. The maximum absolute atomic E-state index is 10.5. The van der Waals surface area contributed by atoms with Gasteiger partial charge < -0.3 is 19.3 Å². The quantitative estimate of drug-likeness (QED) is 0.920. The molecule has 1 aromatic rings. The molecular formula is C18H18O4. The maximum atomic E-state index is 10.5. The molecule has 0 saturated carbocycles. The molecule has 1 aliphatic carbocycles. The van der Waals surface area contributed by atoms with Gasteiger partial charge in [-0.25, -0.2) is 0 Å². The molecule has 2 aliphatic rings. The molecule has 0 aromatic heterocycles. The van der Waals surface area contributed by atoms with Crippen molar-refractivity contribution < 1.29 is 19.3 Å². The van der Waals surface area contributed by atoms with Crippen LogP contribution in [0.15, 0.2) is 72.1 Å². The van der Waals surface area contributed by atoms with Crippen LogP contribution in [-0.2, 0) is 9.47 Å². The number of hydrogen-bond donors (Lipinski definition) is 1. The normalized spacial score (nSPS) is 18.4. The fourth-order valence-electron chi connectivity index (χ4n) is 2.38. The molecule has 0 radical (unpaired) electrons. The molecule has 114 valence electrons. The Morgan fingerprint density at radius 3 is 2.95 bits per heavy atom. The molecule has 0 fully saturated rings. The molecule has 1 heterocycles. The van der Waals surface area contributed by atoms with Crippen LogP contribution in [0.1, 0.15) is 24.5 Å². The monoisotopic (exact) mass is 298 g/mol. The molecule has 1 N–H and O–H groups in total. The van der Waals surface area contributed by atoms with Crippen molar-refractivity contribution in [1.82, 2.24) is 0 Å². The van der Waals surface area contributed by atoms with Gasteiger partial charge in [-0.3, -0.25) is 0 Å². The van der Waals surface area contributed by atoms with Gasteiger partial charge in [-0.2, -0.15) is 0 Å². The van der Waals surface area contributed by atoms with Crippen molar-refractivity contribution in [3.8, 4) is 5.75 Å². The Morgan fingerprint density at radius 1 is 1.27 bits per heavy atom. The lowest BCUT2D eigenvalue weighted by Gasteiger charge is -2.22. The van der Waals surface area contributed by atoms with Gasteiger partial charge >= 0.3 is 0 Å². The highest BCUT2D eigenvalue weighted by Gasteiger charge is 2.22. The maximum Gasteiger partial charge on any atom is 0.172 e. The van der Waals surface area contributed by atoms with Gasteiger partial charge in [-0.05, 0) is 36.1 Å². The fraction of sp³-hybridized carbons (Fsp3) is 0.222. The van der Waals surface area contributed by atoms with E-state index in [2.05, 4.69) is 6.08 Å². The summed E-state index contributed by atoms with van der Waals surface area (Å²) < 4.78 is 16.3. The summed E-state index contributed by atoms with van der Waals surface area (Å²) >= 11 is 0. The van der Waals surface area contributed by atoms with Crippen LogP contribution in [0.25, 0.3) is 0 Å². The summed E-state index contributed by atoms with van der Waals surface area (Å²) in [5.41, 5.74) is 1.75. The van der Waals surface area contributed by atoms with E-state index < -0.39 is 6.10 Å². The number of aliphatic hydroxyl groups is 1. The molecule has 22 heavy (non-hydrogen) atoms. The SMILES string of the molecule is COc1cccc(C(O)C2=COC=C(C3=CC=CCC3)O2)c1. The summed E-state index contributed by atoms with van der Waals surface area (Å²) in [4.78, 5) is 0. The van der Waals surface area contributed by atoms with Gasteiger partial charge in [0, 0.05) is 0 Å². The second-order valence-corrected chi connectivity index (χ2v) is 5.08. The summed E-state index contributed by atoms with van der Waals surface area (Å²) in [5, 5.41) is 10.5. The van der Waals surface area contributed by atoms with Gasteiger partial charge in [-0.1, -0.05) is 30.4 Å². The Morgan fingerprint density at radius 2 is 2.18 bits per heavy atom. The second kappa shape index (κ2) is 6.54. The summed E-state index contributed by atoms with van der Waals surface area (Å²) in [6.07, 6.45) is 10.1. The standard InChI is InChI=1S/C18H18O4/c1-20-15-9-5-8-14(10-15)18(19)17-12-21-11-16(22-17)13-6-3-2-4-7-13/h2-3,5-6,8-12,18-19H,4,7H2,1H3. The number of aliphatic hydroxyl groups excluding tert-OH is 1. The minimum absolute atomic E-state index is 0.362. The molecule has 1 aliphatic heterocycles. The largest absolute Gasteiger partial charge is 0.497 e. The topological polar surface area (TPSA) is 47.9 Å². The predicted octanol–water partition coefficient (Wildman–Crippen LogP) is 3.73. The van der Waals surface area contributed by atoms with E-state index in [-0.39, 0.29) is 0 Å². The number of ether oxygens (including phenoxy) is 3. The van der Waals surface area contributed by atoms with Gasteiger partial charge in [-0.15, -0.1) is 0 Å². The van der Waals surface area contributed by atoms with Gasteiger partial charge in [0.2, 0.25) is 0 Å². The molecule has 1 atom stereocenters. The van der Waals surface area contributed by atoms with Crippen molar-refractivity contribution in [3.63, 3.8) is 0 Å². The van der Waals surface area contributed by atoms with E-state index in [1.54, 1.807) is 19.4 Å². The van der Waals surface area contributed by atoms with Gasteiger partial charge in [0.1, 0.15) is 24.4 Å². The first-order valence-corrected chi connectivity index (χ1v) is 7.19. The van der Waals surface area contributed by atoms with Crippen LogP contribution in [0.4, 0.5) is 0 Å². The van der Waals surface area contributed by atoms with E-state index in [1.165, 1.54) is 6.26 Å². The summed E-state index contributed by atoms with van der Waals surface area (Å²) in [6.45, 7) is 0. The summed E-state index contributed by atoms with van der Waals surface area (Å²) in [6, 6.07) is 7.24. The lowest BCUT2D eigenvalue weighted by molar-refractivity contribution is 0.112. The van der Waals surface area contributed by atoms with E-state index in [4.69, 9.17) is 14.2 Å². The fourth-order valence-corrected chi connectivity index (χ4v) is 2.38. The molecule has 0 saturated heterocycles. The molecule has 0 amide bonds. The van der Waals surface area contributed by atoms with Crippen molar-refractivity contribution >= 4 is 0 Å². The Kier molecular flexibility index (Phi) is 4.30. The average Bonchev–Trinajstić information content (AvgIpc) is 2.62. The zero-order valence-electron chi connectivity index (χ0n) is 12.4. The van der Waals surface area contributed by atoms with E-state index in [9.17, 15) is 5.11 Å². The Hall–Kier alpha value is -2.46. The molecule has 4 heteroatoms. The zero-order chi connectivity index (χ0) is 15.4. The van der Waals surface area contributed by atoms with Crippen LogP contribution in [0.3, 0.4) is 0 Å². The molecular weight excluding hydrogens is 280 g/mol. The highest BCUT2D eigenvalue weighted by Crippen LogP contribution is 2.32. The molecule has 1 unspecified atom stereocenters. The zero-order valence-corrected chi connectivity index (χ0v) is 12.4. The number of hydrogen-bond acceptors (Lipinski definition) is 4. The average molecular weight is 298 g/mol. The summed E-state index contributed by atoms with van der Waals surface area (Å²) in [5.74, 6) is 1.69. The Labute approximate surface area is 129 Å². The number of benzene rings is 1. The molecule has 0 spiro atoms. The predicted molar refractivity (Wildman–Crippen MR) is 82.7 cm³/mol. The van der Waals surface area contributed by atoms with Crippen LogP contribution in [0.2, 0.25) is 0 Å². The van der Waals surface area contributed by atoms with Crippen molar-refractivity contribution in [2.75, 3.05) is 7.11 Å². The second-order valence-electron chi connectivity index (χ2n) is 5.08. The van der Waals surface area contributed by atoms with Crippen molar-refractivity contribution in [1.29, 1.82) is 0 Å². The minimum Gasteiger partial charge on any atom is -0.497 e. The first kappa shape index (κ1) is 14.5. The lowest BCUT2D eigenvalue weighted by atomic mass is 10.0. The highest BCUT2D eigenvalue weighted by molar-refractivity contribution is 5.36. The van der Waals surface area contributed by atoms with Crippen LogP contribution < -0.4 is 4.74 Å². The van der Waals surface area contributed by atoms with Crippen LogP contribution in [0.5, 0.6) is 5.75 Å². The Bertz CT molecular complexity index is 667. The lowest BCUT2D eigenvalue weighted by Crippen LogP contribution is -2.10. The van der Waals surface area contributed by atoms with Crippen LogP contribution in [-0.4, -0.2) is 12.2 Å². The van der Waals surface area contributed by atoms with E-state index >= 15 is 0 Å². The number of allylic oxidation sites excluding steroid dienone is 4. The minimum atomic E-state index is -0.904. The first-order valence-electron chi connectivity index (χ1n) is 7.19. The smallest absolute Gasteiger partial charge is 0.172 e. The van der Waals surface area contributed by atoms with E-state index in [0.717, 1.165) is 18.4 Å². The number of rotatable bonds is 4. The van der Waals surface area contributed by atoms with Crippen molar-refractivity contribution in [2.24, 2.45) is 0 Å². The summed E-state index contributed by atoms with van der Waals surface area (Å²) in [7, 11) is 1.59. The van der Waals surface area contributed by atoms with Crippen molar-refractivity contribution in [3.05, 3.63) is 77.7 Å². The van der Waals surface area contributed by atoms with E-state index in [0.29, 0.717) is 22.8 Å². The molecule has 0 bridgehead atoms. The first-order chi connectivity index (χ1) is 10.8.